The Morgan fingerprint density at radius 3 is 2.57 bits per heavy atom. The Hall–Kier alpha value is -0.370. The Balaban J connectivity index is 2.08. The zero-order chi connectivity index (χ0) is 5.28. The molecule has 7 heavy (non-hydrogen) atoms. The zero-order valence-corrected chi connectivity index (χ0v) is 4.13. The summed E-state index contributed by atoms with van der Waals surface area (Å²) in [4.78, 5) is 9.75. The highest BCUT2D eigenvalue weighted by atomic mass is 16.1. The van der Waals surface area contributed by atoms with Crippen LogP contribution in [0.2, 0.25) is 0 Å². The van der Waals surface area contributed by atoms with Crippen molar-refractivity contribution in [3.63, 3.8) is 0 Å². The second-order valence-electron chi connectivity index (χ2n) is 2.06. The van der Waals surface area contributed by atoms with Gasteiger partial charge in [0.05, 0.1) is 0 Å². The lowest BCUT2D eigenvalue weighted by Gasteiger charge is -1.79. The number of rotatable bonds is 2. The van der Waals surface area contributed by atoms with Crippen LogP contribution in [-0.4, -0.2) is 12.3 Å². The first-order chi connectivity index (χ1) is 3.34. The van der Waals surface area contributed by atoms with Crippen molar-refractivity contribution in [3.8, 4) is 0 Å². The fourth-order valence-electron chi connectivity index (χ4n) is 0.666. The van der Waals surface area contributed by atoms with E-state index in [1.54, 1.807) is 0 Å². The van der Waals surface area contributed by atoms with Crippen LogP contribution in [-0.2, 0) is 4.79 Å². The summed E-state index contributed by atoms with van der Waals surface area (Å²) in [5, 5.41) is 0. The Morgan fingerprint density at radius 1 is 1.86 bits per heavy atom. The molecule has 1 rings (SSSR count). The van der Waals surface area contributed by atoms with Crippen molar-refractivity contribution in [1.82, 2.24) is 0 Å². The van der Waals surface area contributed by atoms with Crippen LogP contribution in [0.3, 0.4) is 0 Å². The van der Waals surface area contributed by atoms with Gasteiger partial charge in [-0.3, -0.25) is 0 Å². The average Bonchev–Trinajstić information content (AvgIpc) is 2.22. The number of aldehydes is 1. The molecule has 2 atom stereocenters. The van der Waals surface area contributed by atoms with E-state index in [0.29, 0.717) is 18.4 Å². The summed E-state index contributed by atoms with van der Waals surface area (Å²) in [6.07, 6.45) is 2.66. The lowest BCUT2D eigenvalue weighted by atomic mass is 10.3. The fraction of sp³-hybridized carbons (Fsp3) is 0.800. The first kappa shape index (κ1) is 4.78. The van der Waals surface area contributed by atoms with Crippen molar-refractivity contribution in [2.75, 3.05) is 0 Å². The van der Waals surface area contributed by atoms with E-state index in [1.165, 1.54) is 0 Å². The van der Waals surface area contributed by atoms with Gasteiger partial charge < -0.3 is 10.5 Å². The molecule has 40 valence electrons. The maximum absolute atomic E-state index is 9.75. The lowest BCUT2D eigenvalue weighted by Crippen LogP contribution is -2.01. The van der Waals surface area contributed by atoms with Crippen molar-refractivity contribution in [2.45, 2.75) is 18.9 Å². The molecule has 1 fully saturated rings. The Labute approximate surface area is 42.7 Å². The first-order valence-corrected chi connectivity index (χ1v) is 2.54. The minimum atomic E-state index is 0.338. The van der Waals surface area contributed by atoms with E-state index >= 15 is 0 Å². The van der Waals surface area contributed by atoms with Gasteiger partial charge in [-0.15, -0.1) is 0 Å². The summed E-state index contributed by atoms with van der Waals surface area (Å²) >= 11 is 0. The highest BCUT2D eigenvalue weighted by Gasteiger charge is 2.32. The Morgan fingerprint density at radius 2 is 2.43 bits per heavy atom. The SMILES string of the molecule is NC1CC1CC=O. The van der Waals surface area contributed by atoms with Crippen LogP contribution >= 0.6 is 0 Å². The van der Waals surface area contributed by atoms with Gasteiger partial charge in [-0.2, -0.15) is 0 Å². The van der Waals surface area contributed by atoms with Crippen molar-refractivity contribution >= 4 is 6.29 Å². The van der Waals surface area contributed by atoms with Crippen LogP contribution in [0.4, 0.5) is 0 Å². The van der Waals surface area contributed by atoms with Crippen molar-refractivity contribution in [2.24, 2.45) is 11.7 Å². The van der Waals surface area contributed by atoms with Gasteiger partial charge in [0.15, 0.2) is 0 Å². The topological polar surface area (TPSA) is 43.1 Å². The molecule has 0 heterocycles. The zero-order valence-electron chi connectivity index (χ0n) is 4.13. The van der Waals surface area contributed by atoms with Crippen molar-refractivity contribution in [1.29, 1.82) is 0 Å². The molecule has 2 N–H and O–H groups in total. The summed E-state index contributed by atoms with van der Waals surface area (Å²) in [5.41, 5.74) is 5.39. The van der Waals surface area contributed by atoms with E-state index < -0.39 is 0 Å². The molecule has 2 unspecified atom stereocenters. The molecule has 0 radical (unpaired) electrons. The van der Waals surface area contributed by atoms with E-state index in [0.717, 1.165) is 12.7 Å². The molecule has 0 aromatic rings. The van der Waals surface area contributed by atoms with Gasteiger partial charge in [0.2, 0.25) is 0 Å². The van der Waals surface area contributed by atoms with Crippen molar-refractivity contribution in [3.05, 3.63) is 0 Å². The molecule has 0 spiro atoms. The summed E-state index contributed by atoms with van der Waals surface area (Å²) in [6, 6.07) is 0.338. The largest absolute Gasteiger partial charge is 0.327 e. The van der Waals surface area contributed by atoms with Gasteiger partial charge in [0.1, 0.15) is 6.29 Å². The molecule has 1 aliphatic rings. The maximum Gasteiger partial charge on any atom is 0.120 e. The van der Waals surface area contributed by atoms with E-state index in [1.807, 2.05) is 0 Å². The summed E-state index contributed by atoms with van der Waals surface area (Å²) < 4.78 is 0. The average molecular weight is 99.1 g/mol. The minimum absolute atomic E-state index is 0.338. The standard InChI is InChI=1S/C5H9NO/c6-5-3-4(5)1-2-7/h2,4-5H,1,3,6H2. The fourth-order valence-corrected chi connectivity index (χ4v) is 0.666. The second kappa shape index (κ2) is 1.62. The molecule has 1 aliphatic carbocycles. The number of carbonyl (C=O) groups is 1. The van der Waals surface area contributed by atoms with Crippen LogP contribution in [0, 0.1) is 5.92 Å². The Bertz CT molecular complexity index is 82.1. The molecule has 2 heteroatoms. The van der Waals surface area contributed by atoms with Crippen LogP contribution in [0.15, 0.2) is 0 Å². The van der Waals surface area contributed by atoms with Gasteiger partial charge in [0.25, 0.3) is 0 Å². The smallest absolute Gasteiger partial charge is 0.120 e. The van der Waals surface area contributed by atoms with Gasteiger partial charge in [-0.25, -0.2) is 0 Å². The van der Waals surface area contributed by atoms with Crippen LogP contribution in [0.25, 0.3) is 0 Å². The monoisotopic (exact) mass is 99.1 g/mol. The highest BCUT2D eigenvalue weighted by molar-refractivity contribution is 5.50. The Kier molecular flexibility index (Phi) is 1.11. The van der Waals surface area contributed by atoms with E-state index in [-0.39, 0.29) is 0 Å². The molecule has 0 aliphatic heterocycles. The lowest BCUT2D eigenvalue weighted by molar-refractivity contribution is -0.108. The number of nitrogens with two attached hydrogens (primary N) is 1. The molecule has 0 aromatic carbocycles. The third kappa shape index (κ3) is 0.996. The van der Waals surface area contributed by atoms with Gasteiger partial charge in [-0.1, -0.05) is 0 Å². The molecule has 0 saturated heterocycles. The normalized spacial score (nSPS) is 37.9. The molecule has 0 bridgehead atoms. The van der Waals surface area contributed by atoms with E-state index in [2.05, 4.69) is 0 Å². The maximum atomic E-state index is 9.75. The minimum Gasteiger partial charge on any atom is -0.327 e. The second-order valence-corrected chi connectivity index (χ2v) is 2.06. The predicted molar refractivity (Wildman–Crippen MR) is 26.8 cm³/mol. The summed E-state index contributed by atoms with van der Waals surface area (Å²) in [7, 11) is 0. The van der Waals surface area contributed by atoms with Crippen molar-refractivity contribution < 1.29 is 4.79 Å². The first-order valence-electron chi connectivity index (χ1n) is 2.54. The third-order valence-electron chi connectivity index (χ3n) is 1.38. The third-order valence-corrected chi connectivity index (χ3v) is 1.38. The molecule has 0 aromatic heterocycles. The molecular formula is C5H9NO. The van der Waals surface area contributed by atoms with Crippen LogP contribution in [0.5, 0.6) is 0 Å². The molecule has 1 saturated carbocycles. The molecule has 0 amide bonds. The van der Waals surface area contributed by atoms with E-state index in [9.17, 15) is 4.79 Å². The number of hydrogen-bond acceptors (Lipinski definition) is 2. The number of carbonyl (C=O) groups excluding carboxylic acids is 1. The number of hydrogen-bond donors (Lipinski definition) is 1. The van der Waals surface area contributed by atoms with E-state index in [4.69, 9.17) is 5.73 Å². The molecular weight excluding hydrogens is 90.1 g/mol. The summed E-state index contributed by atoms with van der Waals surface area (Å²) in [6.45, 7) is 0. The van der Waals surface area contributed by atoms with Gasteiger partial charge in [-0.05, 0) is 12.3 Å². The van der Waals surface area contributed by atoms with Crippen LogP contribution < -0.4 is 5.73 Å². The van der Waals surface area contributed by atoms with Gasteiger partial charge >= 0.3 is 0 Å². The van der Waals surface area contributed by atoms with Gasteiger partial charge in [0, 0.05) is 12.5 Å². The quantitative estimate of drug-likeness (QED) is 0.492. The summed E-state index contributed by atoms with van der Waals surface area (Å²) in [5.74, 6) is 0.525. The highest BCUT2D eigenvalue weighted by Crippen LogP contribution is 2.29. The molecule has 2 nitrogen and oxygen atoms in total. The van der Waals surface area contributed by atoms with Crippen LogP contribution in [0.1, 0.15) is 12.8 Å². The predicted octanol–water partition coefficient (Wildman–Crippen LogP) is -0.0774.